The molecule has 0 aliphatic carbocycles. The molecule has 0 amide bonds. The number of nitrogens with one attached hydrogen (secondary N) is 1. The Labute approximate surface area is 99.2 Å². The number of aromatic nitrogens is 2. The van der Waals surface area contributed by atoms with Crippen LogP contribution in [0.4, 0.5) is 0 Å². The molecule has 0 aromatic carbocycles. The van der Waals surface area contributed by atoms with Gasteiger partial charge in [0.2, 0.25) is 12.2 Å². The Bertz CT molecular complexity index is 371. The predicted molar refractivity (Wildman–Crippen MR) is 58.8 cm³/mol. The molecular weight excluding hydrogens is 224 g/mol. The van der Waals surface area contributed by atoms with Crippen molar-refractivity contribution in [1.82, 2.24) is 10.2 Å². The Morgan fingerprint density at radius 3 is 3.24 bits per heavy atom. The molecule has 1 atom stereocenters. The lowest BCUT2D eigenvalue weighted by Gasteiger charge is -2.21. The average Bonchev–Trinajstić information content (AvgIpc) is 2.79. The van der Waals surface area contributed by atoms with Crippen LogP contribution in [0, 0.1) is 0 Å². The van der Waals surface area contributed by atoms with Gasteiger partial charge in [0.1, 0.15) is 5.69 Å². The summed E-state index contributed by atoms with van der Waals surface area (Å²) in [6.45, 7) is 2.79. The summed E-state index contributed by atoms with van der Waals surface area (Å²) < 4.78 is 15.7. The number of H-pyrrole nitrogens is 1. The van der Waals surface area contributed by atoms with E-state index in [1.165, 1.54) is 6.07 Å². The molecule has 94 valence electrons. The van der Waals surface area contributed by atoms with E-state index in [1.54, 1.807) is 6.92 Å². The largest absolute Gasteiger partial charge is 0.461 e. The minimum atomic E-state index is -0.431. The fourth-order valence-corrected chi connectivity index (χ4v) is 1.62. The zero-order valence-corrected chi connectivity index (χ0v) is 9.77. The second kappa shape index (κ2) is 5.67. The van der Waals surface area contributed by atoms with E-state index in [0.717, 1.165) is 19.3 Å². The molecule has 1 fully saturated rings. The minimum absolute atomic E-state index is 0.262. The molecule has 6 nitrogen and oxygen atoms in total. The van der Waals surface area contributed by atoms with Crippen LogP contribution in [0.1, 0.15) is 36.7 Å². The molecule has 0 bridgehead atoms. The van der Waals surface area contributed by atoms with E-state index in [1.807, 2.05) is 0 Å². The third-order valence-electron chi connectivity index (χ3n) is 2.44. The number of hydrogen-bond acceptors (Lipinski definition) is 5. The first-order valence-electron chi connectivity index (χ1n) is 5.80. The van der Waals surface area contributed by atoms with Gasteiger partial charge in [0.05, 0.1) is 13.2 Å². The molecule has 6 heteroatoms. The first-order valence-corrected chi connectivity index (χ1v) is 5.80. The van der Waals surface area contributed by atoms with Crippen LogP contribution in [0.2, 0.25) is 0 Å². The number of nitrogens with zero attached hydrogens (tertiary/aromatic N) is 1. The molecule has 1 aromatic rings. The van der Waals surface area contributed by atoms with Gasteiger partial charge in [0.15, 0.2) is 0 Å². The van der Waals surface area contributed by atoms with Gasteiger partial charge >= 0.3 is 5.97 Å². The summed E-state index contributed by atoms with van der Waals surface area (Å²) in [6.07, 6.45) is 2.73. The van der Waals surface area contributed by atoms with Crippen LogP contribution in [0.5, 0.6) is 5.88 Å². The fourth-order valence-electron chi connectivity index (χ4n) is 1.62. The van der Waals surface area contributed by atoms with Gasteiger partial charge in [-0.1, -0.05) is 0 Å². The lowest BCUT2D eigenvalue weighted by Crippen LogP contribution is -2.25. The summed E-state index contributed by atoms with van der Waals surface area (Å²) >= 11 is 0. The first kappa shape index (κ1) is 11.9. The summed E-state index contributed by atoms with van der Waals surface area (Å²) in [7, 11) is 0. The van der Waals surface area contributed by atoms with Crippen LogP contribution < -0.4 is 4.74 Å². The Morgan fingerprint density at radius 1 is 1.65 bits per heavy atom. The maximum absolute atomic E-state index is 11.4. The summed E-state index contributed by atoms with van der Waals surface area (Å²) in [5.74, 6) is -0.0700. The highest BCUT2D eigenvalue weighted by Gasteiger charge is 2.18. The van der Waals surface area contributed by atoms with E-state index < -0.39 is 5.97 Å². The van der Waals surface area contributed by atoms with Crippen molar-refractivity contribution in [3.8, 4) is 5.88 Å². The van der Waals surface area contributed by atoms with Crippen LogP contribution in [0.25, 0.3) is 0 Å². The summed E-state index contributed by atoms with van der Waals surface area (Å²) in [5, 5.41) is 6.46. The SMILES string of the molecule is CCOC(=O)c1cc(OC2CCCCO2)n[nH]1. The number of ether oxygens (including phenoxy) is 3. The highest BCUT2D eigenvalue weighted by Crippen LogP contribution is 2.18. The molecule has 0 radical (unpaired) electrons. The number of carbonyl (C=O) groups is 1. The summed E-state index contributed by atoms with van der Waals surface area (Å²) in [6, 6.07) is 1.52. The summed E-state index contributed by atoms with van der Waals surface area (Å²) in [5.41, 5.74) is 0.289. The Kier molecular flexibility index (Phi) is 3.98. The minimum Gasteiger partial charge on any atom is -0.461 e. The van der Waals surface area contributed by atoms with Gasteiger partial charge in [-0.05, 0) is 19.8 Å². The van der Waals surface area contributed by atoms with E-state index in [4.69, 9.17) is 14.2 Å². The molecule has 1 N–H and O–H groups in total. The Hall–Kier alpha value is -1.56. The molecule has 1 aromatic heterocycles. The lowest BCUT2D eigenvalue weighted by molar-refractivity contribution is -0.107. The van der Waals surface area contributed by atoms with Gasteiger partial charge in [0.25, 0.3) is 0 Å². The zero-order chi connectivity index (χ0) is 12.1. The molecule has 1 unspecified atom stereocenters. The van der Waals surface area contributed by atoms with Crippen LogP contribution in [-0.4, -0.2) is 35.7 Å². The predicted octanol–water partition coefficient (Wildman–Crippen LogP) is 1.49. The molecule has 2 rings (SSSR count). The maximum Gasteiger partial charge on any atom is 0.356 e. The Morgan fingerprint density at radius 2 is 2.53 bits per heavy atom. The fraction of sp³-hybridized carbons (Fsp3) is 0.636. The van der Waals surface area contributed by atoms with E-state index in [0.29, 0.717) is 19.1 Å². The van der Waals surface area contributed by atoms with Crippen LogP contribution in [-0.2, 0) is 9.47 Å². The van der Waals surface area contributed by atoms with E-state index in [9.17, 15) is 4.79 Å². The van der Waals surface area contributed by atoms with Crippen molar-refractivity contribution < 1.29 is 19.0 Å². The van der Waals surface area contributed by atoms with Crippen LogP contribution in [0.15, 0.2) is 6.07 Å². The zero-order valence-electron chi connectivity index (χ0n) is 9.77. The highest BCUT2D eigenvalue weighted by atomic mass is 16.7. The van der Waals surface area contributed by atoms with E-state index >= 15 is 0 Å². The van der Waals surface area contributed by atoms with E-state index in [2.05, 4.69) is 10.2 Å². The normalized spacial score (nSPS) is 19.9. The third-order valence-corrected chi connectivity index (χ3v) is 2.44. The highest BCUT2D eigenvalue weighted by molar-refractivity contribution is 5.87. The smallest absolute Gasteiger partial charge is 0.356 e. The van der Waals surface area contributed by atoms with Crippen LogP contribution >= 0.6 is 0 Å². The molecule has 1 aliphatic heterocycles. The van der Waals surface area contributed by atoms with Crippen molar-refractivity contribution in [2.24, 2.45) is 0 Å². The van der Waals surface area contributed by atoms with Crippen LogP contribution in [0.3, 0.4) is 0 Å². The monoisotopic (exact) mass is 240 g/mol. The first-order chi connectivity index (χ1) is 8.29. The second-order valence-corrected chi connectivity index (χ2v) is 3.75. The molecule has 0 spiro atoms. The number of esters is 1. The van der Waals surface area contributed by atoms with E-state index in [-0.39, 0.29) is 12.0 Å². The molecular formula is C11H16N2O4. The number of rotatable bonds is 4. The lowest BCUT2D eigenvalue weighted by atomic mass is 10.2. The Balaban J connectivity index is 1.91. The third kappa shape index (κ3) is 3.20. The molecule has 2 heterocycles. The summed E-state index contributed by atoms with van der Waals surface area (Å²) in [4.78, 5) is 11.4. The average molecular weight is 240 g/mol. The van der Waals surface area contributed by atoms with Crippen molar-refractivity contribution >= 4 is 5.97 Å². The van der Waals surface area contributed by atoms with Gasteiger partial charge in [-0.3, -0.25) is 5.10 Å². The molecule has 0 saturated carbocycles. The number of aromatic amines is 1. The number of hydrogen-bond donors (Lipinski definition) is 1. The van der Waals surface area contributed by atoms with Crippen molar-refractivity contribution in [3.63, 3.8) is 0 Å². The van der Waals surface area contributed by atoms with Crippen molar-refractivity contribution in [1.29, 1.82) is 0 Å². The second-order valence-electron chi connectivity index (χ2n) is 3.75. The molecule has 1 aliphatic rings. The quantitative estimate of drug-likeness (QED) is 0.807. The van der Waals surface area contributed by atoms with Gasteiger partial charge in [-0.2, -0.15) is 0 Å². The number of carbonyl (C=O) groups excluding carboxylic acids is 1. The molecule has 17 heavy (non-hydrogen) atoms. The van der Waals surface area contributed by atoms with Gasteiger partial charge in [-0.15, -0.1) is 5.10 Å². The standard InChI is InChI=1S/C11H16N2O4/c1-2-15-11(14)8-7-9(13-12-8)17-10-5-3-4-6-16-10/h7,10H,2-6H2,1H3,(H,12,13). The van der Waals surface area contributed by atoms with Gasteiger partial charge in [0, 0.05) is 12.5 Å². The van der Waals surface area contributed by atoms with Crippen molar-refractivity contribution in [2.75, 3.05) is 13.2 Å². The van der Waals surface area contributed by atoms with Crippen molar-refractivity contribution in [2.45, 2.75) is 32.5 Å². The maximum atomic E-state index is 11.4. The van der Waals surface area contributed by atoms with Crippen molar-refractivity contribution in [3.05, 3.63) is 11.8 Å². The van der Waals surface area contributed by atoms with Gasteiger partial charge < -0.3 is 14.2 Å². The molecule has 1 saturated heterocycles. The topological polar surface area (TPSA) is 73.4 Å². The van der Waals surface area contributed by atoms with Gasteiger partial charge in [-0.25, -0.2) is 4.79 Å².